The van der Waals surface area contributed by atoms with Gasteiger partial charge in [0, 0.05) is 13.1 Å². The van der Waals surface area contributed by atoms with Crippen LogP contribution in [0.1, 0.15) is 18.4 Å². The number of hydrogen-bond acceptors (Lipinski definition) is 5. The number of carbonyl (C=O) groups is 3. The maximum absolute atomic E-state index is 12.3. The molecule has 0 aliphatic carbocycles. The molecule has 0 unspecified atom stereocenters. The minimum Gasteiger partial charge on any atom is -0.482 e. The van der Waals surface area contributed by atoms with Gasteiger partial charge in [0.05, 0.1) is 5.56 Å². The van der Waals surface area contributed by atoms with E-state index in [2.05, 4.69) is 10.6 Å². The Morgan fingerprint density at radius 2 is 2.00 bits per heavy atom. The van der Waals surface area contributed by atoms with Gasteiger partial charge in [0.15, 0.2) is 6.61 Å². The number of imide groups is 1. The lowest BCUT2D eigenvalue weighted by Gasteiger charge is -2.36. The van der Waals surface area contributed by atoms with Crippen LogP contribution in [0.5, 0.6) is 5.75 Å². The number of hydrogen-bond donors (Lipinski definition) is 2. The van der Waals surface area contributed by atoms with Gasteiger partial charge in [-0.2, -0.15) is 5.26 Å². The maximum Gasteiger partial charge on any atom is 0.322 e. The number of nitrogens with zero attached hydrogens (tertiary/aromatic N) is 2. The zero-order valence-corrected chi connectivity index (χ0v) is 12.9. The Morgan fingerprint density at radius 3 is 2.62 bits per heavy atom. The Kier molecular flexibility index (Phi) is 4.08. The summed E-state index contributed by atoms with van der Waals surface area (Å²) in [6.45, 7) is 0.538. The quantitative estimate of drug-likeness (QED) is 0.767. The first-order valence-corrected chi connectivity index (χ1v) is 7.57. The molecule has 3 rings (SSSR count). The first-order chi connectivity index (χ1) is 11.5. The molecule has 2 N–H and O–H groups in total. The van der Waals surface area contributed by atoms with Crippen LogP contribution in [0.2, 0.25) is 0 Å². The van der Waals surface area contributed by atoms with Crippen molar-refractivity contribution < 1.29 is 19.1 Å². The highest BCUT2D eigenvalue weighted by atomic mass is 16.5. The van der Waals surface area contributed by atoms with E-state index in [9.17, 15) is 14.4 Å². The average molecular weight is 328 g/mol. The molecule has 2 saturated heterocycles. The normalized spacial score (nSPS) is 18.7. The van der Waals surface area contributed by atoms with E-state index in [4.69, 9.17) is 10.00 Å². The summed E-state index contributed by atoms with van der Waals surface area (Å²) in [6.07, 6.45) is 0.732. The van der Waals surface area contributed by atoms with Crippen molar-refractivity contribution in [3.63, 3.8) is 0 Å². The maximum atomic E-state index is 12.3. The van der Waals surface area contributed by atoms with Crippen LogP contribution < -0.4 is 15.4 Å². The summed E-state index contributed by atoms with van der Waals surface area (Å²) in [5, 5.41) is 13.9. The number of rotatable bonds is 3. The Hall–Kier alpha value is -3.08. The third-order valence-electron chi connectivity index (χ3n) is 4.34. The summed E-state index contributed by atoms with van der Waals surface area (Å²) < 4.78 is 5.44. The van der Waals surface area contributed by atoms with Gasteiger partial charge in [0.25, 0.3) is 11.8 Å². The molecule has 8 nitrogen and oxygen atoms in total. The van der Waals surface area contributed by atoms with Crippen molar-refractivity contribution in [1.82, 2.24) is 15.5 Å². The Balaban J connectivity index is 1.55. The standard InChI is InChI=1S/C16H16N4O4/c17-9-11-3-1-2-4-12(11)24-10-13(21)20-7-5-16(6-8-20)14(22)18-15(23)19-16/h1-4H,5-8,10H2,(H2,18,19,22,23). The molecule has 1 aromatic carbocycles. The first kappa shape index (κ1) is 15.8. The lowest BCUT2D eigenvalue weighted by atomic mass is 9.88. The molecule has 0 bridgehead atoms. The lowest BCUT2D eigenvalue weighted by molar-refractivity contribution is -0.137. The summed E-state index contributed by atoms with van der Waals surface area (Å²) in [6, 6.07) is 8.22. The second-order valence-corrected chi connectivity index (χ2v) is 5.77. The predicted molar refractivity (Wildman–Crippen MR) is 81.9 cm³/mol. The number of amides is 4. The third kappa shape index (κ3) is 2.88. The Bertz CT molecular complexity index is 732. The molecule has 0 aromatic heterocycles. The van der Waals surface area contributed by atoms with Crippen molar-refractivity contribution in [3.8, 4) is 11.8 Å². The number of nitrogens with one attached hydrogen (secondary N) is 2. The molecule has 1 aromatic rings. The van der Waals surface area contributed by atoms with Gasteiger partial charge in [0.1, 0.15) is 17.4 Å². The Labute approximate surface area is 138 Å². The van der Waals surface area contributed by atoms with Crippen LogP contribution in [0.4, 0.5) is 4.79 Å². The molecule has 4 amide bonds. The fourth-order valence-corrected chi connectivity index (χ4v) is 2.93. The van der Waals surface area contributed by atoms with Gasteiger partial charge in [-0.15, -0.1) is 0 Å². The predicted octanol–water partition coefficient (Wildman–Crippen LogP) is 0.138. The van der Waals surface area contributed by atoms with Crippen LogP contribution in [0.3, 0.4) is 0 Å². The van der Waals surface area contributed by atoms with E-state index >= 15 is 0 Å². The van der Waals surface area contributed by atoms with Crippen LogP contribution in [-0.2, 0) is 9.59 Å². The monoisotopic (exact) mass is 328 g/mol. The van der Waals surface area contributed by atoms with Crippen molar-refractivity contribution in [3.05, 3.63) is 29.8 Å². The van der Waals surface area contributed by atoms with Crippen LogP contribution in [0.25, 0.3) is 0 Å². The molecule has 0 saturated carbocycles. The molecule has 124 valence electrons. The summed E-state index contributed by atoms with van der Waals surface area (Å²) in [5.41, 5.74) is -0.532. The Morgan fingerprint density at radius 1 is 1.29 bits per heavy atom. The summed E-state index contributed by atoms with van der Waals surface area (Å²) in [4.78, 5) is 37.0. The van der Waals surface area contributed by atoms with E-state index in [1.807, 2.05) is 6.07 Å². The molecule has 1 spiro atoms. The van der Waals surface area contributed by atoms with Gasteiger partial charge < -0.3 is 15.0 Å². The summed E-state index contributed by atoms with van der Waals surface area (Å²) >= 11 is 0. The topological polar surface area (TPSA) is 112 Å². The number of piperidine rings is 1. The minimum absolute atomic E-state index is 0.176. The van der Waals surface area contributed by atoms with Crippen molar-refractivity contribution in [2.75, 3.05) is 19.7 Å². The molecular weight excluding hydrogens is 312 g/mol. The molecule has 24 heavy (non-hydrogen) atoms. The number of urea groups is 1. The van der Waals surface area contributed by atoms with E-state index in [0.717, 1.165) is 0 Å². The van der Waals surface area contributed by atoms with E-state index in [1.54, 1.807) is 29.2 Å². The zero-order chi connectivity index (χ0) is 17.2. The molecule has 8 heteroatoms. The average Bonchev–Trinajstić information content (AvgIpc) is 2.86. The zero-order valence-electron chi connectivity index (χ0n) is 12.9. The number of nitriles is 1. The molecule has 2 fully saturated rings. The van der Waals surface area contributed by atoms with Crippen molar-refractivity contribution in [2.24, 2.45) is 0 Å². The van der Waals surface area contributed by atoms with E-state index < -0.39 is 11.6 Å². The smallest absolute Gasteiger partial charge is 0.322 e. The molecule has 0 atom stereocenters. The second kappa shape index (κ2) is 6.20. The SMILES string of the molecule is N#Cc1ccccc1OCC(=O)N1CCC2(CC1)NC(=O)NC2=O. The molecule has 2 aliphatic rings. The number of benzene rings is 1. The van der Waals surface area contributed by atoms with Crippen molar-refractivity contribution >= 4 is 17.8 Å². The van der Waals surface area contributed by atoms with Crippen LogP contribution in [0, 0.1) is 11.3 Å². The van der Waals surface area contributed by atoms with Crippen LogP contribution in [-0.4, -0.2) is 48.0 Å². The fourth-order valence-electron chi connectivity index (χ4n) is 2.93. The van der Waals surface area contributed by atoms with Crippen molar-refractivity contribution in [1.29, 1.82) is 5.26 Å². The van der Waals surface area contributed by atoms with Crippen LogP contribution >= 0.6 is 0 Å². The number of carbonyl (C=O) groups excluding carboxylic acids is 3. The molecule has 2 aliphatic heterocycles. The van der Waals surface area contributed by atoms with Gasteiger partial charge in [-0.25, -0.2) is 4.79 Å². The first-order valence-electron chi connectivity index (χ1n) is 7.57. The van der Waals surface area contributed by atoms with Gasteiger partial charge >= 0.3 is 6.03 Å². The summed E-state index contributed by atoms with van der Waals surface area (Å²) in [5.74, 6) is -0.189. The van der Waals surface area contributed by atoms with Gasteiger partial charge in [-0.05, 0) is 25.0 Å². The van der Waals surface area contributed by atoms with E-state index in [1.165, 1.54) is 0 Å². The van der Waals surface area contributed by atoms with Crippen LogP contribution in [0.15, 0.2) is 24.3 Å². The second-order valence-electron chi connectivity index (χ2n) is 5.77. The van der Waals surface area contributed by atoms with E-state index in [-0.39, 0.29) is 18.4 Å². The number of likely N-dealkylation sites (tertiary alicyclic amines) is 1. The molecular formula is C16H16N4O4. The van der Waals surface area contributed by atoms with Gasteiger partial charge in [-0.1, -0.05) is 12.1 Å². The van der Waals surface area contributed by atoms with Crippen molar-refractivity contribution in [2.45, 2.75) is 18.4 Å². The van der Waals surface area contributed by atoms with Gasteiger partial charge in [-0.3, -0.25) is 14.9 Å². The largest absolute Gasteiger partial charge is 0.482 e. The molecule has 2 heterocycles. The molecule has 0 radical (unpaired) electrons. The number of ether oxygens (including phenoxy) is 1. The van der Waals surface area contributed by atoms with Gasteiger partial charge in [0.2, 0.25) is 0 Å². The fraction of sp³-hybridized carbons (Fsp3) is 0.375. The van der Waals surface area contributed by atoms with E-state index in [0.29, 0.717) is 37.2 Å². The highest BCUT2D eigenvalue weighted by Gasteiger charge is 2.48. The highest BCUT2D eigenvalue weighted by Crippen LogP contribution is 2.25. The highest BCUT2D eigenvalue weighted by molar-refractivity contribution is 6.07. The number of para-hydroxylation sites is 1. The lowest BCUT2D eigenvalue weighted by Crippen LogP contribution is -2.56. The summed E-state index contributed by atoms with van der Waals surface area (Å²) in [7, 11) is 0. The third-order valence-corrected chi connectivity index (χ3v) is 4.34. The minimum atomic E-state index is -0.901.